The molecule has 0 spiro atoms. The monoisotopic (exact) mass is 532 g/mol. The van der Waals surface area contributed by atoms with Gasteiger partial charge in [-0.3, -0.25) is 4.90 Å². The number of aliphatic hydroxyl groups excluding tert-OH is 2. The fourth-order valence-corrected chi connectivity index (χ4v) is 3.59. The minimum absolute atomic E-state index is 0.0405. The molecule has 0 bridgehead atoms. The van der Waals surface area contributed by atoms with Gasteiger partial charge in [-0.25, -0.2) is 9.59 Å². The molecule has 206 valence electrons. The fraction of sp³-hybridized carbons (Fsp3) is 0.636. The highest BCUT2D eigenvalue weighted by Gasteiger charge is 2.37. The first kappa shape index (κ1) is 31.6. The van der Waals surface area contributed by atoms with Crippen molar-refractivity contribution in [3.05, 3.63) is 34.9 Å². The zero-order valence-electron chi connectivity index (χ0n) is 19.6. The second-order valence-electron chi connectivity index (χ2n) is 8.93. The zero-order chi connectivity index (χ0) is 27.8. The second kappa shape index (κ2) is 13.2. The Labute approximate surface area is 203 Å². The number of benzene rings is 1. The summed E-state index contributed by atoms with van der Waals surface area (Å²) in [5.74, 6) is -2.91. The first-order valence-electron chi connectivity index (χ1n) is 10.9. The number of rotatable bonds is 9. The Balaban J connectivity index is 0.000000548. The number of halogens is 6. The molecule has 8 nitrogen and oxygen atoms in total. The Bertz CT molecular complexity index is 821. The second-order valence-corrected chi connectivity index (χ2v) is 8.93. The van der Waals surface area contributed by atoms with E-state index in [1.165, 1.54) is 0 Å². The third-order valence-corrected chi connectivity index (χ3v) is 5.16. The van der Waals surface area contributed by atoms with Crippen LogP contribution in [0.2, 0.25) is 0 Å². The molecule has 2 rings (SSSR count). The van der Waals surface area contributed by atoms with E-state index >= 15 is 0 Å². The summed E-state index contributed by atoms with van der Waals surface area (Å²) >= 11 is 0. The maximum absolute atomic E-state index is 13.0. The Morgan fingerprint density at radius 3 is 1.78 bits per heavy atom. The van der Waals surface area contributed by atoms with E-state index in [0.29, 0.717) is 19.0 Å². The van der Waals surface area contributed by atoms with Crippen molar-refractivity contribution in [3.63, 3.8) is 0 Å². The molecule has 14 heteroatoms. The summed E-state index contributed by atoms with van der Waals surface area (Å²) < 4.78 is 78.1. The van der Waals surface area contributed by atoms with E-state index in [4.69, 9.17) is 20.4 Å². The molecule has 1 aromatic carbocycles. The Morgan fingerprint density at radius 2 is 1.44 bits per heavy atom. The molecule has 3 atom stereocenters. The molecule has 5 N–H and O–H groups in total. The molecule has 0 aliphatic carbocycles. The average molecular weight is 532 g/mol. The van der Waals surface area contributed by atoms with Gasteiger partial charge in [-0.15, -0.1) is 0 Å². The Kier molecular flexibility index (Phi) is 11.6. The molecule has 0 aromatic heterocycles. The fourth-order valence-electron chi connectivity index (χ4n) is 3.59. The lowest BCUT2D eigenvalue weighted by molar-refractivity contribution is -0.165. The van der Waals surface area contributed by atoms with Crippen molar-refractivity contribution in [3.8, 4) is 0 Å². The van der Waals surface area contributed by atoms with E-state index in [-0.39, 0.29) is 24.1 Å². The summed E-state index contributed by atoms with van der Waals surface area (Å²) in [6.07, 6.45) is -13.2. The number of alkyl halides is 6. The summed E-state index contributed by atoms with van der Waals surface area (Å²) in [5.41, 5.74) is -2.47. The molecule has 2 unspecified atom stereocenters. The number of carboxylic acids is 2. The third-order valence-electron chi connectivity index (χ3n) is 5.16. The predicted molar refractivity (Wildman–Crippen MR) is 115 cm³/mol. The van der Waals surface area contributed by atoms with Crippen LogP contribution in [0.1, 0.15) is 37.0 Å². The largest absolute Gasteiger partial charge is 0.479 e. The van der Waals surface area contributed by atoms with Gasteiger partial charge in [0, 0.05) is 19.6 Å². The number of nitrogens with zero attached hydrogens (tertiary/aromatic N) is 1. The zero-order valence-corrected chi connectivity index (χ0v) is 19.6. The van der Waals surface area contributed by atoms with Crippen molar-refractivity contribution in [2.45, 2.75) is 51.4 Å². The van der Waals surface area contributed by atoms with Gasteiger partial charge in [-0.2, -0.15) is 26.3 Å². The molecule has 0 radical (unpaired) electrons. The van der Waals surface area contributed by atoms with Gasteiger partial charge in [-0.1, -0.05) is 13.8 Å². The van der Waals surface area contributed by atoms with Crippen molar-refractivity contribution >= 4 is 11.9 Å². The number of aliphatic carboxylic acids is 2. The maximum Gasteiger partial charge on any atom is 0.416 e. The summed E-state index contributed by atoms with van der Waals surface area (Å²) in [5, 5.41) is 35.8. The SMILES string of the molecule is CC(C)CN(Cc1cc(C(F)(F)F)cc(C(F)(F)F)c1)C[C@H]1CCNC1.O=C(O)C(O)C(O)C(=O)O. The lowest BCUT2D eigenvalue weighted by Crippen LogP contribution is -2.39. The highest BCUT2D eigenvalue weighted by molar-refractivity contribution is 5.83. The quantitative estimate of drug-likeness (QED) is 0.307. The average Bonchev–Trinajstić information content (AvgIpc) is 3.24. The molecule has 1 fully saturated rings. The molecule has 1 aromatic rings. The molecule has 1 aliphatic heterocycles. The van der Waals surface area contributed by atoms with E-state index in [1.807, 2.05) is 18.7 Å². The van der Waals surface area contributed by atoms with Gasteiger partial charge in [0.2, 0.25) is 0 Å². The van der Waals surface area contributed by atoms with Crippen molar-refractivity contribution in [2.24, 2.45) is 11.8 Å². The summed E-state index contributed by atoms with van der Waals surface area (Å²) in [4.78, 5) is 21.5. The van der Waals surface area contributed by atoms with Gasteiger partial charge >= 0.3 is 24.3 Å². The van der Waals surface area contributed by atoms with Gasteiger partial charge in [0.05, 0.1) is 11.1 Å². The molecular formula is C22H30F6N2O6. The minimum atomic E-state index is -4.81. The van der Waals surface area contributed by atoms with E-state index in [0.717, 1.165) is 31.6 Å². The number of nitrogens with one attached hydrogen (secondary N) is 1. The van der Waals surface area contributed by atoms with Crippen molar-refractivity contribution < 1.29 is 56.4 Å². The van der Waals surface area contributed by atoms with Gasteiger partial charge in [-0.05, 0) is 55.1 Å². The van der Waals surface area contributed by atoms with E-state index in [2.05, 4.69) is 5.32 Å². The summed E-state index contributed by atoms with van der Waals surface area (Å²) in [6, 6.07) is 1.84. The number of aliphatic hydroxyl groups is 2. The highest BCUT2D eigenvalue weighted by Crippen LogP contribution is 2.36. The van der Waals surface area contributed by atoms with Gasteiger partial charge in [0.25, 0.3) is 0 Å². The van der Waals surface area contributed by atoms with Crippen molar-refractivity contribution in [1.29, 1.82) is 0 Å². The Hall–Kier alpha value is -2.42. The summed E-state index contributed by atoms with van der Waals surface area (Å²) in [6.45, 7) is 7.02. The van der Waals surface area contributed by atoms with Crippen LogP contribution in [-0.2, 0) is 28.5 Å². The van der Waals surface area contributed by atoms with Crippen LogP contribution in [-0.4, -0.2) is 75.7 Å². The standard InChI is InChI=1S/C18H24F6N2.C4H6O6/c1-12(2)9-26(10-13-3-4-25-8-13)11-14-5-15(17(19,20)21)7-16(6-14)18(22,23)24;5-1(3(7)8)2(6)4(9)10/h5-7,12-13,25H,3-4,8-11H2,1-2H3;1-2,5-6H,(H,7,8)(H,9,10)/t13-;/m0./s1. The summed E-state index contributed by atoms with van der Waals surface area (Å²) in [7, 11) is 0. The highest BCUT2D eigenvalue weighted by atomic mass is 19.4. The van der Waals surface area contributed by atoms with Crippen LogP contribution in [0, 0.1) is 11.8 Å². The molecular weight excluding hydrogens is 502 g/mol. The van der Waals surface area contributed by atoms with E-state index in [1.54, 1.807) is 0 Å². The van der Waals surface area contributed by atoms with E-state index < -0.39 is 47.6 Å². The number of hydrogen-bond acceptors (Lipinski definition) is 6. The van der Waals surface area contributed by atoms with Gasteiger partial charge in [0.15, 0.2) is 12.2 Å². The maximum atomic E-state index is 13.0. The first-order chi connectivity index (χ1) is 16.4. The van der Waals surface area contributed by atoms with E-state index in [9.17, 15) is 35.9 Å². The predicted octanol–water partition coefficient (Wildman–Crippen LogP) is 2.67. The number of hydrogen-bond donors (Lipinski definition) is 5. The molecule has 1 heterocycles. The van der Waals surface area contributed by atoms with Crippen molar-refractivity contribution in [2.75, 3.05) is 26.2 Å². The van der Waals surface area contributed by atoms with Crippen LogP contribution in [0.3, 0.4) is 0 Å². The van der Waals surface area contributed by atoms with Crippen molar-refractivity contribution in [1.82, 2.24) is 10.2 Å². The van der Waals surface area contributed by atoms with Crippen LogP contribution < -0.4 is 5.32 Å². The third kappa shape index (κ3) is 10.7. The normalized spacial score (nSPS) is 18.1. The topological polar surface area (TPSA) is 130 Å². The van der Waals surface area contributed by atoms with Crippen LogP contribution in [0.4, 0.5) is 26.3 Å². The van der Waals surface area contributed by atoms with Crippen LogP contribution in [0.5, 0.6) is 0 Å². The lowest BCUT2D eigenvalue weighted by Gasteiger charge is -2.27. The molecule has 0 saturated carbocycles. The number of carbonyl (C=O) groups is 2. The van der Waals surface area contributed by atoms with Crippen LogP contribution >= 0.6 is 0 Å². The molecule has 1 saturated heterocycles. The molecule has 36 heavy (non-hydrogen) atoms. The van der Waals surface area contributed by atoms with Crippen LogP contribution in [0.25, 0.3) is 0 Å². The number of carboxylic acid groups (broad SMARTS) is 2. The minimum Gasteiger partial charge on any atom is -0.479 e. The first-order valence-corrected chi connectivity index (χ1v) is 10.9. The lowest BCUT2D eigenvalue weighted by atomic mass is 10.0. The molecule has 1 aliphatic rings. The van der Waals surface area contributed by atoms with Crippen LogP contribution in [0.15, 0.2) is 18.2 Å². The van der Waals surface area contributed by atoms with Gasteiger partial charge in [0.1, 0.15) is 0 Å². The molecule has 0 amide bonds. The Morgan fingerprint density at radius 1 is 0.972 bits per heavy atom. The van der Waals surface area contributed by atoms with Gasteiger partial charge < -0.3 is 25.7 Å². The smallest absolute Gasteiger partial charge is 0.416 e.